The first kappa shape index (κ1) is 22.8. The number of hydrogen-bond acceptors (Lipinski definition) is 7. The van der Waals surface area contributed by atoms with Gasteiger partial charge in [-0.05, 0) is 35.2 Å². The second-order valence-electron chi connectivity index (χ2n) is 6.92. The molecule has 164 valence electrons. The summed E-state index contributed by atoms with van der Waals surface area (Å²) in [7, 11) is 1.30. The summed E-state index contributed by atoms with van der Waals surface area (Å²) < 4.78 is 44.4. The maximum absolute atomic E-state index is 13.4. The Bertz CT molecular complexity index is 946. The summed E-state index contributed by atoms with van der Waals surface area (Å²) in [5.41, 5.74) is 2.38. The summed E-state index contributed by atoms with van der Waals surface area (Å²) in [6.07, 6.45) is 1.98. The van der Waals surface area contributed by atoms with E-state index in [-0.39, 0.29) is 6.54 Å². The third-order valence-electron chi connectivity index (χ3n) is 4.92. The van der Waals surface area contributed by atoms with Gasteiger partial charge in [-0.25, -0.2) is 8.42 Å². The minimum atomic E-state index is -3.63. The van der Waals surface area contributed by atoms with Crippen molar-refractivity contribution in [3.05, 3.63) is 52.5 Å². The van der Waals surface area contributed by atoms with Gasteiger partial charge in [-0.15, -0.1) is 11.3 Å². The number of thiophene rings is 1. The van der Waals surface area contributed by atoms with E-state index < -0.39 is 10.0 Å². The lowest BCUT2D eigenvalue weighted by atomic mass is 10.2. The van der Waals surface area contributed by atoms with Gasteiger partial charge in [0.25, 0.3) is 10.0 Å². The van der Waals surface area contributed by atoms with Crippen molar-refractivity contribution in [1.29, 1.82) is 0 Å². The van der Waals surface area contributed by atoms with E-state index in [0.29, 0.717) is 37.1 Å². The van der Waals surface area contributed by atoms with Crippen molar-refractivity contribution < 1.29 is 22.6 Å². The van der Waals surface area contributed by atoms with Gasteiger partial charge in [-0.2, -0.15) is 0 Å². The maximum Gasteiger partial charge on any atom is 0.274 e. The summed E-state index contributed by atoms with van der Waals surface area (Å²) >= 11 is 1.25. The van der Waals surface area contributed by atoms with Gasteiger partial charge in [0.05, 0.1) is 26.9 Å². The molecule has 0 atom stereocenters. The number of ether oxygens (including phenoxy) is 3. The monoisotopic (exact) mass is 452 g/mol. The molecule has 9 heteroatoms. The molecule has 0 N–H and O–H groups in total. The molecule has 0 saturated heterocycles. The van der Waals surface area contributed by atoms with Gasteiger partial charge in [0.1, 0.15) is 9.96 Å². The van der Waals surface area contributed by atoms with Crippen LogP contribution in [0.1, 0.15) is 11.1 Å². The van der Waals surface area contributed by atoms with Crippen LogP contribution in [-0.2, 0) is 26.0 Å². The standard InChI is InChI=1S/C21H28N2O5S2/c1-26-11-9-22(10-12-27-2)16-19-14-18-8-13-29-21(18)30(24,25)23(19)15-17-4-6-20(28-3)7-5-17/h4-8,13-14H,9-12,15-16H2,1-3H3. The van der Waals surface area contributed by atoms with Crippen LogP contribution in [0.25, 0.3) is 6.08 Å². The summed E-state index contributed by atoms with van der Waals surface area (Å²) in [6, 6.07) is 9.33. The number of fused-ring (bicyclic) bond motifs is 1. The van der Waals surface area contributed by atoms with Crippen molar-refractivity contribution in [1.82, 2.24) is 9.21 Å². The largest absolute Gasteiger partial charge is 0.497 e. The number of hydrogen-bond donors (Lipinski definition) is 0. The van der Waals surface area contributed by atoms with Crippen molar-refractivity contribution in [2.45, 2.75) is 10.8 Å². The Hall–Kier alpha value is -1.91. The highest BCUT2D eigenvalue weighted by atomic mass is 32.2. The van der Waals surface area contributed by atoms with Crippen LogP contribution in [0.4, 0.5) is 0 Å². The highest BCUT2D eigenvalue weighted by Crippen LogP contribution is 2.36. The second-order valence-corrected chi connectivity index (χ2v) is 9.89. The molecule has 0 amide bonds. The molecule has 0 bridgehead atoms. The fourth-order valence-corrected chi connectivity index (χ4v) is 6.16. The molecule has 0 spiro atoms. The van der Waals surface area contributed by atoms with Gasteiger partial charge < -0.3 is 14.2 Å². The molecule has 1 aliphatic heterocycles. The lowest BCUT2D eigenvalue weighted by molar-refractivity contribution is 0.117. The Morgan fingerprint density at radius 2 is 1.67 bits per heavy atom. The van der Waals surface area contributed by atoms with E-state index in [1.807, 2.05) is 41.8 Å². The third-order valence-corrected chi connectivity index (χ3v) is 8.21. The summed E-state index contributed by atoms with van der Waals surface area (Å²) in [6.45, 7) is 3.24. The van der Waals surface area contributed by atoms with Crippen molar-refractivity contribution in [3.63, 3.8) is 0 Å². The molecule has 0 unspecified atom stereocenters. The number of benzene rings is 1. The van der Waals surface area contributed by atoms with Crippen molar-refractivity contribution >= 4 is 27.4 Å². The molecule has 3 rings (SSSR count). The Labute approximate surface area is 182 Å². The molecule has 2 heterocycles. The van der Waals surface area contributed by atoms with Crippen molar-refractivity contribution in [3.8, 4) is 5.75 Å². The SMILES string of the molecule is COCCN(CCOC)CC1=Cc2ccsc2S(=O)(=O)N1Cc1ccc(OC)cc1. The molecule has 1 aromatic carbocycles. The molecule has 0 fully saturated rings. The van der Waals surface area contributed by atoms with Gasteiger partial charge in [-0.3, -0.25) is 9.21 Å². The number of rotatable bonds is 11. The van der Waals surface area contributed by atoms with Crippen molar-refractivity contribution in [2.75, 3.05) is 54.2 Å². The summed E-state index contributed by atoms with van der Waals surface area (Å²) in [4.78, 5) is 2.15. The minimum absolute atomic E-state index is 0.262. The average molecular weight is 453 g/mol. The van der Waals surface area contributed by atoms with E-state index in [1.54, 1.807) is 21.3 Å². The van der Waals surface area contributed by atoms with Crippen LogP contribution < -0.4 is 4.74 Å². The van der Waals surface area contributed by atoms with Gasteiger partial charge in [0.15, 0.2) is 0 Å². The third kappa shape index (κ3) is 5.22. The molecule has 30 heavy (non-hydrogen) atoms. The van der Waals surface area contributed by atoms with Crippen LogP contribution in [0.5, 0.6) is 5.75 Å². The highest BCUT2D eigenvalue weighted by Gasteiger charge is 2.34. The lowest BCUT2D eigenvalue weighted by Crippen LogP contribution is -2.40. The summed E-state index contributed by atoms with van der Waals surface area (Å²) in [5, 5.41) is 1.82. The Morgan fingerprint density at radius 3 is 2.27 bits per heavy atom. The first-order valence-electron chi connectivity index (χ1n) is 9.63. The normalized spacial score (nSPS) is 15.2. The van der Waals surface area contributed by atoms with Gasteiger partial charge in [0.2, 0.25) is 0 Å². The van der Waals surface area contributed by atoms with E-state index in [9.17, 15) is 8.42 Å². The Balaban J connectivity index is 1.91. The van der Waals surface area contributed by atoms with E-state index in [1.165, 1.54) is 15.6 Å². The van der Waals surface area contributed by atoms with E-state index in [4.69, 9.17) is 14.2 Å². The molecule has 1 aliphatic rings. The number of methoxy groups -OCH3 is 3. The first-order chi connectivity index (χ1) is 14.5. The molecule has 0 saturated carbocycles. The number of nitrogens with zero attached hydrogens (tertiary/aromatic N) is 2. The van der Waals surface area contributed by atoms with Crippen LogP contribution in [0.15, 0.2) is 45.6 Å². The zero-order chi connectivity index (χ0) is 21.6. The lowest BCUT2D eigenvalue weighted by Gasteiger charge is -2.33. The van der Waals surface area contributed by atoms with Gasteiger partial charge in [-0.1, -0.05) is 12.1 Å². The minimum Gasteiger partial charge on any atom is -0.497 e. The average Bonchev–Trinajstić information content (AvgIpc) is 3.23. The van der Waals surface area contributed by atoms with Gasteiger partial charge in [0, 0.05) is 45.1 Å². The predicted molar refractivity (Wildman–Crippen MR) is 118 cm³/mol. The topological polar surface area (TPSA) is 68.3 Å². The zero-order valence-electron chi connectivity index (χ0n) is 17.5. The van der Waals surface area contributed by atoms with Crippen LogP contribution in [0.2, 0.25) is 0 Å². The highest BCUT2D eigenvalue weighted by molar-refractivity contribution is 7.91. The fraction of sp³-hybridized carbons (Fsp3) is 0.429. The van der Waals surface area contributed by atoms with E-state index >= 15 is 0 Å². The molecule has 7 nitrogen and oxygen atoms in total. The van der Waals surface area contributed by atoms with Crippen LogP contribution >= 0.6 is 11.3 Å². The van der Waals surface area contributed by atoms with Crippen LogP contribution in [0.3, 0.4) is 0 Å². The molecule has 0 aliphatic carbocycles. The predicted octanol–water partition coefficient (Wildman–Crippen LogP) is 2.90. The molecule has 2 aromatic rings. The zero-order valence-corrected chi connectivity index (χ0v) is 19.2. The summed E-state index contributed by atoms with van der Waals surface area (Å²) in [5.74, 6) is 0.738. The molecular formula is C21H28N2O5S2. The quantitative estimate of drug-likeness (QED) is 0.522. The van der Waals surface area contributed by atoms with Gasteiger partial charge >= 0.3 is 0 Å². The fourth-order valence-electron chi connectivity index (χ4n) is 3.28. The van der Waals surface area contributed by atoms with Crippen LogP contribution in [-0.4, -0.2) is 71.8 Å². The molecular weight excluding hydrogens is 424 g/mol. The molecule has 1 aromatic heterocycles. The smallest absolute Gasteiger partial charge is 0.274 e. The molecule has 0 radical (unpaired) electrons. The number of sulfonamides is 1. The van der Waals surface area contributed by atoms with Crippen molar-refractivity contribution in [2.24, 2.45) is 0 Å². The van der Waals surface area contributed by atoms with E-state index in [2.05, 4.69) is 4.90 Å². The van der Waals surface area contributed by atoms with Crippen LogP contribution in [0, 0.1) is 0 Å². The first-order valence-corrected chi connectivity index (χ1v) is 12.0. The maximum atomic E-state index is 13.4. The van der Waals surface area contributed by atoms with E-state index in [0.717, 1.165) is 22.6 Å². The Morgan fingerprint density at radius 1 is 1.00 bits per heavy atom. The Kier molecular flexibility index (Phi) is 7.90. The second kappa shape index (κ2) is 10.4.